The van der Waals surface area contributed by atoms with Gasteiger partial charge in [-0.25, -0.2) is 0 Å². The second kappa shape index (κ2) is 9.67. The highest BCUT2D eigenvalue weighted by Crippen LogP contribution is 2.33. The molecule has 0 spiro atoms. The summed E-state index contributed by atoms with van der Waals surface area (Å²) in [7, 11) is 0. The van der Waals surface area contributed by atoms with Crippen molar-refractivity contribution in [2.75, 3.05) is 6.54 Å². The van der Waals surface area contributed by atoms with Gasteiger partial charge in [0.15, 0.2) is 0 Å². The van der Waals surface area contributed by atoms with Gasteiger partial charge in [-0.15, -0.1) is 0 Å². The van der Waals surface area contributed by atoms with Gasteiger partial charge in [0.05, 0.1) is 12.3 Å². The van der Waals surface area contributed by atoms with Gasteiger partial charge in [0.1, 0.15) is 0 Å². The zero-order valence-electron chi connectivity index (χ0n) is 18.4. The number of amides is 1. The molecule has 2 aromatic carbocycles. The van der Waals surface area contributed by atoms with Gasteiger partial charge < -0.3 is 10.0 Å². The third kappa shape index (κ3) is 5.17. The maximum atomic E-state index is 12.8. The number of nitrogens with zero attached hydrogens (tertiary/aromatic N) is 1. The minimum absolute atomic E-state index is 0.0167. The molecule has 2 aromatic rings. The van der Waals surface area contributed by atoms with Gasteiger partial charge in [0.25, 0.3) is 0 Å². The van der Waals surface area contributed by atoms with Crippen LogP contribution in [0.5, 0.6) is 0 Å². The molecule has 1 N–H and O–H groups in total. The first-order valence-corrected chi connectivity index (χ1v) is 11.7. The van der Waals surface area contributed by atoms with Crippen molar-refractivity contribution in [1.29, 1.82) is 0 Å². The SMILES string of the molecule is C[C@H]1CC[C@@H](C(=O)O)CN1C(=O)Cc1ccc(-c2ccc(C3CCCCC3)cc2)cc1. The molecule has 4 heteroatoms. The molecular weight excluding hydrogens is 386 g/mol. The van der Waals surface area contributed by atoms with Crippen molar-refractivity contribution in [3.8, 4) is 11.1 Å². The Morgan fingerprint density at radius 1 is 0.871 bits per heavy atom. The molecule has 1 saturated carbocycles. The highest BCUT2D eigenvalue weighted by atomic mass is 16.4. The first kappa shape index (κ1) is 21.6. The number of aliphatic carboxylic acids is 1. The first-order valence-electron chi connectivity index (χ1n) is 11.7. The molecule has 1 saturated heterocycles. The van der Waals surface area contributed by atoms with E-state index in [9.17, 15) is 14.7 Å². The summed E-state index contributed by atoms with van der Waals surface area (Å²) in [5.74, 6) is -0.514. The van der Waals surface area contributed by atoms with E-state index in [0.717, 1.165) is 17.5 Å². The largest absolute Gasteiger partial charge is 0.481 e. The van der Waals surface area contributed by atoms with Gasteiger partial charge in [-0.2, -0.15) is 0 Å². The van der Waals surface area contributed by atoms with Gasteiger partial charge in [-0.1, -0.05) is 67.8 Å². The summed E-state index contributed by atoms with van der Waals surface area (Å²) >= 11 is 0. The van der Waals surface area contributed by atoms with Gasteiger partial charge >= 0.3 is 5.97 Å². The Balaban J connectivity index is 1.38. The number of hydrogen-bond donors (Lipinski definition) is 1. The second-order valence-corrected chi connectivity index (χ2v) is 9.34. The molecule has 0 radical (unpaired) electrons. The molecule has 2 aliphatic rings. The third-order valence-corrected chi connectivity index (χ3v) is 7.18. The van der Waals surface area contributed by atoms with E-state index in [1.54, 1.807) is 4.90 Å². The van der Waals surface area contributed by atoms with Crippen molar-refractivity contribution >= 4 is 11.9 Å². The highest BCUT2D eigenvalue weighted by molar-refractivity contribution is 5.80. The van der Waals surface area contributed by atoms with Crippen molar-refractivity contribution in [3.63, 3.8) is 0 Å². The molecule has 1 amide bonds. The summed E-state index contributed by atoms with van der Waals surface area (Å²) in [6, 6.07) is 17.3. The topological polar surface area (TPSA) is 57.6 Å². The van der Waals surface area contributed by atoms with Gasteiger partial charge in [-0.3, -0.25) is 9.59 Å². The van der Waals surface area contributed by atoms with E-state index in [-0.39, 0.29) is 11.9 Å². The Labute approximate surface area is 185 Å². The third-order valence-electron chi connectivity index (χ3n) is 7.18. The number of carboxylic acid groups (broad SMARTS) is 1. The lowest BCUT2D eigenvalue weighted by molar-refractivity contribution is -0.147. The van der Waals surface area contributed by atoms with Gasteiger partial charge in [0, 0.05) is 12.6 Å². The van der Waals surface area contributed by atoms with Crippen LogP contribution in [-0.2, 0) is 16.0 Å². The Morgan fingerprint density at radius 3 is 2.10 bits per heavy atom. The van der Waals surface area contributed by atoms with E-state index in [4.69, 9.17) is 0 Å². The predicted molar refractivity (Wildman–Crippen MR) is 123 cm³/mol. The highest BCUT2D eigenvalue weighted by Gasteiger charge is 2.32. The van der Waals surface area contributed by atoms with Crippen molar-refractivity contribution in [2.45, 2.75) is 70.3 Å². The number of hydrogen-bond acceptors (Lipinski definition) is 2. The zero-order valence-corrected chi connectivity index (χ0v) is 18.4. The molecule has 1 aliphatic heterocycles. The molecule has 2 fully saturated rings. The van der Waals surface area contributed by atoms with Crippen LogP contribution in [0.3, 0.4) is 0 Å². The Bertz CT molecular complexity index is 897. The standard InChI is InChI=1S/C27H33NO3/c1-19-7-10-25(27(30)31)18-28(19)26(29)17-20-8-11-22(12-9-20)24-15-13-23(14-16-24)21-5-3-2-4-6-21/h8-9,11-16,19,21,25H,2-7,10,17-18H2,1H3,(H,30,31)/t19-,25+/m0/s1. The second-order valence-electron chi connectivity index (χ2n) is 9.34. The van der Waals surface area contributed by atoms with Crippen LogP contribution >= 0.6 is 0 Å². The molecule has 4 nitrogen and oxygen atoms in total. The number of rotatable bonds is 5. The van der Waals surface area contributed by atoms with E-state index in [1.165, 1.54) is 43.2 Å². The average Bonchev–Trinajstić information content (AvgIpc) is 2.80. The molecule has 4 rings (SSSR count). The maximum absolute atomic E-state index is 12.8. The quantitative estimate of drug-likeness (QED) is 0.681. The lowest BCUT2D eigenvalue weighted by atomic mass is 9.83. The molecule has 164 valence electrons. The smallest absolute Gasteiger partial charge is 0.308 e. The van der Waals surface area contributed by atoms with E-state index >= 15 is 0 Å². The number of piperidine rings is 1. The van der Waals surface area contributed by atoms with Crippen molar-refractivity contribution < 1.29 is 14.7 Å². The lowest BCUT2D eigenvalue weighted by Gasteiger charge is -2.36. The van der Waals surface area contributed by atoms with Crippen molar-refractivity contribution in [1.82, 2.24) is 4.90 Å². The van der Waals surface area contributed by atoms with Crippen molar-refractivity contribution in [3.05, 3.63) is 59.7 Å². The van der Waals surface area contributed by atoms with E-state index in [2.05, 4.69) is 36.4 Å². The van der Waals surface area contributed by atoms with Gasteiger partial charge in [0.2, 0.25) is 5.91 Å². The summed E-state index contributed by atoms with van der Waals surface area (Å²) in [6.45, 7) is 2.33. The first-order chi connectivity index (χ1) is 15.0. The maximum Gasteiger partial charge on any atom is 0.308 e. The predicted octanol–water partition coefficient (Wildman–Crippen LogP) is 5.66. The molecule has 0 unspecified atom stereocenters. The molecule has 1 aliphatic carbocycles. The Hall–Kier alpha value is -2.62. The molecular formula is C27H33NO3. The fourth-order valence-electron chi connectivity index (χ4n) is 5.13. The summed E-state index contributed by atoms with van der Waals surface area (Å²) < 4.78 is 0. The lowest BCUT2D eigenvalue weighted by Crippen LogP contribution is -2.47. The van der Waals surface area contributed by atoms with E-state index in [1.807, 2.05) is 19.1 Å². The van der Waals surface area contributed by atoms with Crippen LogP contribution in [-0.4, -0.2) is 34.5 Å². The van der Waals surface area contributed by atoms with Crippen LogP contribution in [0, 0.1) is 5.92 Å². The summed E-state index contributed by atoms with van der Waals surface area (Å²) in [5, 5.41) is 9.31. The van der Waals surface area contributed by atoms with Crippen LogP contribution in [0.4, 0.5) is 0 Å². The number of carbonyl (C=O) groups excluding carboxylic acids is 1. The molecule has 31 heavy (non-hydrogen) atoms. The molecule has 0 bridgehead atoms. The molecule has 1 heterocycles. The Kier molecular flexibility index (Phi) is 6.74. The molecule has 0 aromatic heterocycles. The minimum Gasteiger partial charge on any atom is -0.481 e. The normalized spacial score (nSPS) is 22.3. The van der Waals surface area contributed by atoms with Crippen molar-refractivity contribution in [2.24, 2.45) is 5.92 Å². The van der Waals surface area contributed by atoms with Gasteiger partial charge in [-0.05, 0) is 60.8 Å². The van der Waals surface area contributed by atoms with Crippen LogP contribution in [0.25, 0.3) is 11.1 Å². The number of carbonyl (C=O) groups is 2. The van der Waals surface area contributed by atoms with Crippen LogP contribution < -0.4 is 0 Å². The van der Waals surface area contributed by atoms with E-state index in [0.29, 0.717) is 25.3 Å². The fraction of sp³-hybridized carbons (Fsp3) is 0.481. The zero-order chi connectivity index (χ0) is 21.8. The summed E-state index contributed by atoms with van der Waals surface area (Å²) in [4.78, 5) is 25.9. The number of benzene rings is 2. The summed E-state index contributed by atoms with van der Waals surface area (Å²) in [5.41, 5.74) is 4.79. The van der Waals surface area contributed by atoms with E-state index < -0.39 is 11.9 Å². The van der Waals surface area contributed by atoms with Crippen LogP contribution in [0.15, 0.2) is 48.5 Å². The molecule has 2 atom stereocenters. The average molecular weight is 420 g/mol. The summed E-state index contributed by atoms with van der Waals surface area (Å²) in [6.07, 6.45) is 8.40. The number of carboxylic acids is 1. The Morgan fingerprint density at radius 2 is 1.48 bits per heavy atom. The van der Waals surface area contributed by atoms with Crippen LogP contribution in [0.2, 0.25) is 0 Å². The monoisotopic (exact) mass is 419 g/mol. The number of likely N-dealkylation sites (tertiary alicyclic amines) is 1. The van der Waals surface area contributed by atoms with Crippen LogP contribution in [0.1, 0.15) is 68.9 Å². The minimum atomic E-state index is -0.802. The fourth-order valence-corrected chi connectivity index (χ4v) is 5.13.